The molecule has 4 atom stereocenters. The molecule has 0 radical (unpaired) electrons. The van der Waals surface area contributed by atoms with Crippen molar-refractivity contribution in [1.82, 2.24) is 5.32 Å². The van der Waals surface area contributed by atoms with Gasteiger partial charge in [0.1, 0.15) is 11.3 Å². The van der Waals surface area contributed by atoms with Crippen LogP contribution in [-0.2, 0) is 20.8 Å². The van der Waals surface area contributed by atoms with Gasteiger partial charge in [-0.05, 0) is 47.9 Å². The molecule has 0 spiro atoms. The van der Waals surface area contributed by atoms with E-state index in [-0.39, 0.29) is 12.2 Å². The van der Waals surface area contributed by atoms with Gasteiger partial charge in [-0.15, -0.1) is 0 Å². The van der Waals surface area contributed by atoms with E-state index in [4.69, 9.17) is 11.6 Å². The lowest BCUT2D eigenvalue weighted by atomic mass is 9.76. The van der Waals surface area contributed by atoms with Crippen LogP contribution in [0.1, 0.15) is 16.7 Å². The standard InChI is InChI=1S/C29H25ClN2O5/c1-17-7-11-20(15-22(17)30)32-26(34)24-23(14-10-18-5-3-2-4-6-18)31-29(28(36)37,25(24)27(32)35)16-19-8-12-21(33)13-9-19/h2-15,23-25,31,33H,16H2,1H3,(H,36,37). The van der Waals surface area contributed by atoms with Crippen LogP contribution in [-0.4, -0.2) is 39.6 Å². The lowest BCUT2D eigenvalue weighted by Gasteiger charge is -2.31. The molecule has 2 heterocycles. The number of anilines is 1. The number of hydrogen-bond acceptors (Lipinski definition) is 5. The van der Waals surface area contributed by atoms with Gasteiger partial charge in [0.25, 0.3) is 0 Å². The summed E-state index contributed by atoms with van der Waals surface area (Å²) in [7, 11) is 0. The van der Waals surface area contributed by atoms with Crippen LogP contribution in [0.25, 0.3) is 6.08 Å². The fraction of sp³-hybridized carbons (Fsp3) is 0.207. The van der Waals surface area contributed by atoms with Crippen LogP contribution in [0.3, 0.4) is 0 Å². The molecule has 5 rings (SSSR count). The highest BCUT2D eigenvalue weighted by atomic mass is 35.5. The maximum Gasteiger partial charge on any atom is 0.325 e. The lowest BCUT2D eigenvalue weighted by Crippen LogP contribution is -2.58. The Kier molecular flexibility index (Phi) is 6.35. The van der Waals surface area contributed by atoms with Crippen LogP contribution in [0.15, 0.2) is 78.9 Å². The average Bonchev–Trinajstić information content (AvgIpc) is 3.35. The van der Waals surface area contributed by atoms with Crippen LogP contribution < -0.4 is 10.2 Å². The van der Waals surface area contributed by atoms with E-state index in [0.717, 1.165) is 16.0 Å². The Morgan fingerprint density at radius 1 is 1.05 bits per heavy atom. The highest BCUT2D eigenvalue weighted by Gasteiger charge is 2.68. The third kappa shape index (κ3) is 4.30. The minimum absolute atomic E-state index is 0.0450. The smallest absolute Gasteiger partial charge is 0.325 e. The van der Waals surface area contributed by atoms with Gasteiger partial charge in [-0.2, -0.15) is 0 Å². The molecule has 0 aliphatic carbocycles. The molecule has 8 heteroatoms. The third-order valence-corrected chi connectivity index (χ3v) is 7.61. The normalized spacial score (nSPS) is 25.1. The van der Waals surface area contributed by atoms with Gasteiger partial charge in [-0.3, -0.25) is 19.7 Å². The molecule has 2 aliphatic heterocycles. The number of phenolic OH excluding ortho intramolecular Hbond substituents is 1. The average molecular weight is 517 g/mol. The predicted octanol–water partition coefficient (Wildman–Crippen LogP) is 4.21. The largest absolute Gasteiger partial charge is 0.508 e. The molecule has 188 valence electrons. The van der Waals surface area contributed by atoms with Crippen molar-refractivity contribution in [1.29, 1.82) is 0 Å². The third-order valence-electron chi connectivity index (χ3n) is 7.20. The van der Waals surface area contributed by atoms with Crippen molar-refractivity contribution < 1.29 is 24.6 Å². The van der Waals surface area contributed by atoms with Gasteiger partial charge < -0.3 is 10.2 Å². The van der Waals surface area contributed by atoms with Crippen molar-refractivity contribution in [3.05, 3.63) is 101 Å². The Hall–Kier alpha value is -3.94. The molecular formula is C29H25ClN2O5. The fourth-order valence-corrected chi connectivity index (χ4v) is 5.51. The molecule has 3 aromatic rings. The second kappa shape index (κ2) is 9.50. The van der Waals surface area contributed by atoms with Crippen molar-refractivity contribution in [2.45, 2.75) is 24.9 Å². The summed E-state index contributed by atoms with van der Waals surface area (Å²) in [6.07, 6.45) is 3.52. The molecule has 4 unspecified atom stereocenters. The van der Waals surface area contributed by atoms with Gasteiger partial charge in [-0.1, -0.05) is 72.3 Å². The zero-order valence-corrected chi connectivity index (χ0v) is 20.7. The lowest BCUT2D eigenvalue weighted by molar-refractivity contribution is -0.148. The minimum Gasteiger partial charge on any atom is -0.508 e. The first-order valence-electron chi connectivity index (χ1n) is 11.9. The predicted molar refractivity (Wildman–Crippen MR) is 140 cm³/mol. The zero-order chi connectivity index (χ0) is 26.3. The van der Waals surface area contributed by atoms with E-state index in [9.17, 15) is 24.6 Å². The molecular weight excluding hydrogens is 492 g/mol. The van der Waals surface area contributed by atoms with Crippen LogP contribution in [0.5, 0.6) is 5.75 Å². The number of imide groups is 1. The molecule has 7 nitrogen and oxygen atoms in total. The maximum atomic E-state index is 13.9. The number of nitrogens with one attached hydrogen (secondary N) is 1. The number of benzene rings is 3. The van der Waals surface area contributed by atoms with E-state index in [1.807, 2.05) is 43.3 Å². The number of halogens is 1. The summed E-state index contributed by atoms with van der Waals surface area (Å²) in [6.45, 7) is 1.82. The molecule has 0 bridgehead atoms. The monoisotopic (exact) mass is 516 g/mol. The SMILES string of the molecule is Cc1ccc(N2C(=O)C3C(C=Cc4ccccc4)NC(Cc4ccc(O)cc4)(C(=O)O)C3C2=O)cc1Cl. The minimum atomic E-state index is -1.75. The van der Waals surface area contributed by atoms with Gasteiger partial charge in [-0.25, -0.2) is 4.90 Å². The number of rotatable bonds is 6. The summed E-state index contributed by atoms with van der Waals surface area (Å²) in [5, 5.41) is 23.8. The summed E-state index contributed by atoms with van der Waals surface area (Å²) in [5.41, 5.74) is 0.850. The molecule has 2 saturated heterocycles. The molecule has 2 aliphatic rings. The van der Waals surface area contributed by atoms with Crippen molar-refractivity contribution in [3.8, 4) is 5.75 Å². The summed E-state index contributed by atoms with van der Waals surface area (Å²) < 4.78 is 0. The first kappa shape index (κ1) is 24.7. The zero-order valence-electron chi connectivity index (χ0n) is 20.0. The molecule has 3 N–H and O–H groups in total. The van der Waals surface area contributed by atoms with Crippen molar-refractivity contribution in [3.63, 3.8) is 0 Å². The summed E-state index contributed by atoms with van der Waals surface area (Å²) in [5.74, 6) is -4.32. The van der Waals surface area contributed by atoms with Crippen molar-refractivity contribution in [2.75, 3.05) is 4.90 Å². The van der Waals surface area contributed by atoms with E-state index >= 15 is 0 Å². The number of fused-ring (bicyclic) bond motifs is 1. The number of hydrogen-bond donors (Lipinski definition) is 3. The van der Waals surface area contributed by atoms with E-state index in [0.29, 0.717) is 16.3 Å². The quantitative estimate of drug-likeness (QED) is 0.424. The Balaban J connectivity index is 1.60. The number of aromatic hydroxyl groups is 1. The Labute approximate surface area is 219 Å². The Morgan fingerprint density at radius 3 is 2.41 bits per heavy atom. The fourth-order valence-electron chi connectivity index (χ4n) is 5.34. The molecule has 2 amide bonds. The van der Waals surface area contributed by atoms with Crippen LogP contribution in [0.2, 0.25) is 5.02 Å². The number of nitrogens with zero attached hydrogens (tertiary/aromatic N) is 1. The topological polar surface area (TPSA) is 107 Å². The van der Waals surface area contributed by atoms with E-state index < -0.39 is 41.2 Å². The van der Waals surface area contributed by atoms with Gasteiger partial charge in [0, 0.05) is 17.5 Å². The van der Waals surface area contributed by atoms with Crippen molar-refractivity contribution >= 4 is 41.1 Å². The molecule has 0 saturated carbocycles. The number of amides is 2. The first-order chi connectivity index (χ1) is 17.7. The summed E-state index contributed by atoms with van der Waals surface area (Å²) in [4.78, 5) is 41.6. The van der Waals surface area contributed by atoms with E-state index in [2.05, 4.69) is 5.32 Å². The van der Waals surface area contributed by atoms with Crippen LogP contribution >= 0.6 is 11.6 Å². The number of aliphatic carboxylic acids is 1. The van der Waals surface area contributed by atoms with Crippen LogP contribution in [0, 0.1) is 18.8 Å². The number of aryl methyl sites for hydroxylation is 1. The summed E-state index contributed by atoms with van der Waals surface area (Å²) >= 11 is 6.29. The summed E-state index contributed by atoms with van der Waals surface area (Å²) in [6, 6.07) is 19.8. The highest BCUT2D eigenvalue weighted by molar-refractivity contribution is 6.32. The first-order valence-corrected chi connectivity index (χ1v) is 12.3. The number of phenols is 1. The number of carbonyl (C=O) groups is 3. The molecule has 3 aromatic carbocycles. The van der Waals surface area contributed by atoms with Gasteiger partial charge in [0.15, 0.2) is 0 Å². The molecule has 2 fully saturated rings. The Morgan fingerprint density at radius 2 is 1.76 bits per heavy atom. The highest BCUT2D eigenvalue weighted by Crippen LogP contribution is 2.47. The van der Waals surface area contributed by atoms with E-state index in [1.54, 1.807) is 36.4 Å². The van der Waals surface area contributed by atoms with Crippen molar-refractivity contribution in [2.24, 2.45) is 11.8 Å². The van der Waals surface area contributed by atoms with E-state index in [1.165, 1.54) is 12.1 Å². The van der Waals surface area contributed by atoms with Crippen LogP contribution in [0.4, 0.5) is 5.69 Å². The number of carboxylic acids is 1. The maximum absolute atomic E-state index is 13.9. The second-order valence-electron chi connectivity index (χ2n) is 9.51. The Bertz CT molecular complexity index is 1410. The van der Waals surface area contributed by atoms with Gasteiger partial charge in [0.05, 0.1) is 17.5 Å². The van der Waals surface area contributed by atoms with Gasteiger partial charge >= 0.3 is 5.97 Å². The van der Waals surface area contributed by atoms with Gasteiger partial charge in [0.2, 0.25) is 11.8 Å². The second-order valence-corrected chi connectivity index (χ2v) is 9.92. The number of carboxylic acid groups (broad SMARTS) is 1. The molecule has 0 aromatic heterocycles. The number of carbonyl (C=O) groups excluding carboxylic acids is 2. The molecule has 37 heavy (non-hydrogen) atoms.